The summed E-state index contributed by atoms with van der Waals surface area (Å²) in [5.74, 6) is -1.34. The summed E-state index contributed by atoms with van der Waals surface area (Å²) in [7, 11) is -3.94. The summed E-state index contributed by atoms with van der Waals surface area (Å²) in [6.07, 6.45) is 1.05. The van der Waals surface area contributed by atoms with E-state index < -0.39 is 27.4 Å². The van der Waals surface area contributed by atoms with Crippen molar-refractivity contribution in [3.8, 4) is 16.9 Å². The third-order valence-corrected chi connectivity index (χ3v) is 6.98. The van der Waals surface area contributed by atoms with Crippen LogP contribution in [0.1, 0.15) is 16.1 Å². The van der Waals surface area contributed by atoms with E-state index in [0.29, 0.717) is 16.7 Å². The zero-order valence-electron chi connectivity index (χ0n) is 19.7. The molecular weight excluding hydrogens is 549 g/mol. The lowest BCUT2D eigenvalue weighted by atomic mass is 10.1. The van der Waals surface area contributed by atoms with Gasteiger partial charge in [0.25, 0.3) is 5.91 Å². The summed E-state index contributed by atoms with van der Waals surface area (Å²) in [4.78, 5) is 25.1. The van der Waals surface area contributed by atoms with E-state index in [1.165, 1.54) is 53.2 Å². The van der Waals surface area contributed by atoms with Crippen LogP contribution in [0.4, 0.5) is 4.39 Å². The van der Waals surface area contributed by atoms with Gasteiger partial charge in [0.15, 0.2) is 5.69 Å². The first kappa shape index (κ1) is 26.0. The fourth-order valence-corrected chi connectivity index (χ4v) is 4.57. The molecule has 0 fully saturated rings. The van der Waals surface area contributed by atoms with Crippen LogP contribution in [0, 0.1) is 5.82 Å². The van der Waals surface area contributed by atoms with E-state index >= 15 is 0 Å². The molecule has 0 atom stereocenters. The summed E-state index contributed by atoms with van der Waals surface area (Å²) in [5, 5.41) is 13.8. The third kappa shape index (κ3) is 5.21. The van der Waals surface area contributed by atoms with Gasteiger partial charge in [-0.3, -0.25) is 4.79 Å². The number of halogens is 2. The van der Waals surface area contributed by atoms with Crippen LogP contribution < -0.4 is 16.2 Å². The Morgan fingerprint density at radius 1 is 1.08 bits per heavy atom. The number of carbonyl (C=O) groups excluding carboxylic acids is 1. The van der Waals surface area contributed by atoms with Crippen LogP contribution in [0.15, 0.2) is 98.1 Å². The van der Waals surface area contributed by atoms with Gasteiger partial charge in [-0.15, -0.1) is 0 Å². The van der Waals surface area contributed by atoms with Crippen LogP contribution in [0.5, 0.6) is 0 Å². The molecule has 5 rings (SSSR count). The van der Waals surface area contributed by atoms with Crippen LogP contribution >= 0.6 is 11.6 Å². The molecule has 10 nitrogen and oxygen atoms in total. The van der Waals surface area contributed by atoms with E-state index in [9.17, 15) is 22.4 Å². The molecule has 0 saturated heterocycles. The number of para-hydroxylation sites is 1. The minimum absolute atomic E-state index is 0.0665. The van der Waals surface area contributed by atoms with E-state index in [2.05, 4.69) is 15.6 Å². The fourth-order valence-electron chi connectivity index (χ4n) is 3.78. The van der Waals surface area contributed by atoms with Crippen molar-refractivity contribution >= 4 is 44.7 Å². The van der Waals surface area contributed by atoms with Crippen molar-refractivity contribution in [2.75, 3.05) is 0 Å². The minimum atomic E-state index is -3.94. The Morgan fingerprint density at radius 3 is 2.49 bits per heavy atom. The molecule has 2 heterocycles. The number of hydrogen-bond donors (Lipinski definition) is 2. The molecule has 0 aliphatic carbocycles. The van der Waals surface area contributed by atoms with Crippen molar-refractivity contribution in [3.05, 3.63) is 111 Å². The van der Waals surface area contributed by atoms with Gasteiger partial charge in [0.05, 0.1) is 33.1 Å². The van der Waals surface area contributed by atoms with Crippen LogP contribution in [-0.2, 0) is 10.0 Å². The Kier molecular flexibility index (Phi) is 6.83. The standard InChI is InChI=1S/C26H17ClFN5O5S/c27-24-18-6-2-4-8-23(18)38-26(35)19(24)14-30-31-25(34)21-13-22(17-5-1-3-7-20(17)28)33(32-21)15-9-11-16(12-10-15)39(29,36)37/h1-14H,(H,31,34)(H2,29,36,37)/b30-14+. The maximum Gasteiger partial charge on any atom is 0.346 e. The Balaban J connectivity index is 1.49. The molecule has 3 N–H and O–H groups in total. The molecule has 3 aromatic carbocycles. The van der Waals surface area contributed by atoms with Gasteiger partial charge in [0, 0.05) is 10.9 Å². The number of aromatic nitrogens is 2. The fraction of sp³-hybridized carbons (Fsp3) is 0. The number of nitrogens with one attached hydrogen (secondary N) is 1. The monoisotopic (exact) mass is 565 g/mol. The molecule has 39 heavy (non-hydrogen) atoms. The van der Waals surface area contributed by atoms with Gasteiger partial charge in [-0.2, -0.15) is 10.2 Å². The molecular formula is C26H17ClFN5O5S. The molecule has 0 spiro atoms. The zero-order chi connectivity index (χ0) is 27.7. The predicted octanol–water partition coefficient (Wildman–Crippen LogP) is 3.85. The van der Waals surface area contributed by atoms with Crippen molar-refractivity contribution in [1.82, 2.24) is 15.2 Å². The van der Waals surface area contributed by atoms with E-state index in [1.54, 1.807) is 30.3 Å². The summed E-state index contributed by atoms with van der Waals surface area (Å²) in [6.45, 7) is 0. The number of fused-ring (bicyclic) bond motifs is 1. The highest BCUT2D eigenvalue weighted by atomic mass is 35.5. The highest BCUT2D eigenvalue weighted by Gasteiger charge is 2.19. The number of sulfonamides is 1. The smallest absolute Gasteiger partial charge is 0.346 e. The summed E-state index contributed by atoms with van der Waals surface area (Å²) in [6, 6.07) is 19.3. The predicted molar refractivity (Wildman–Crippen MR) is 143 cm³/mol. The third-order valence-electron chi connectivity index (χ3n) is 5.64. The average molecular weight is 566 g/mol. The van der Waals surface area contributed by atoms with E-state index in [1.807, 2.05) is 0 Å². The lowest BCUT2D eigenvalue weighted by Crippen LogP contribution is -2.19. The Morgan fingerprint density at radius 2 is 1.77 bits per heavy atom. The summed E-state index contributed by atoms with van der Waals surface area (Å²) < 4.78 is 44.4. The van der Waals surface area contributed by atoms with Gasteiger partial charge in [0.2, 0.25) is 10.0 Å². The van der Waals surface area contributed by atoms with E-state index in [4.69, 9.17) is 21.2 Å². The molecule has 13 heteroatoms. The molecule has 5 aromatic rings. The van der Waals surface area contributed by atoms with Crippen molar-refractivity contribution < 1.29 is 22.0 Å². The maximum atomic E-state index is 14.7. The molecule has 0 aliphatic heterocycles. The van der Waals surface area contributed by atoms with Crippen molar-refractivity contribution in [3.63, 3.8) is 0 Å². The number of rotatable bonds is 6. The Hall–Kier alpha value is -4.65. The van der Waals surface area contributed by atoms with Gasteiger partial charge in [-0.05, 0) is 54.6 Å². The van der Waals surface area contributed by atoms with Crippen molar-refractivity contribution in [2.24, 2.45) is 10.2 Å². The largest absolute Gasteiger partial charge is 0.422 e. The van der Waals surface area contributed by atoms with Gasteiger partial charge in [-0.1, -0.05) is 35.9 Å². The van der Waals surface area contributed by atoms with Gasteiger partial charge >= 0.3 is 5.63 Å². The van der Waals surface area contributed by atoms with Gasteiger partial charge in [0.1, 0.15) is 11.4 Å². The molecule has 0 saturated carbocycles. The Labute approximate surface area is 225 Å². The summed E-state index contributed by atoms with van der Waals surface area (Å²) >= 11 is 6.33. The first-order valence-corrected chi connectivity index (χ1v) is 13.1. The molecule has 196 valence electrons. The summed E-state index contributed by atoms with van der Waals surface area (Å²) in [5.41, 5.74) is 2.30. The van der Waals surface area contributed by atoms with Crippen LogP contribution in [0.25, 0.3) is 27.9 Å². The van der Waals surface area contributed by atoms with E-state index in [-0.39, 0.29) is 32.4 Å². The maximum absolute atomic E-state index is 14.7. The number of amides is 1. The molecule has 1 amide bonds. The lowest BCUT2D eigenvalue weighted by Gasteiger charge is -2.09. The first-order chi connectivity index (χ1) is 18.6. The SMILES string of the molecule is NS(=O)(=O)c1ccc(-n2nc(C(=O)N/N=C/c3c(Cl)c4ccccc4oc3=O)cc2-c2ccccc2F)cc1. The lowest BCUT2D eigenvalue weighted by molar-refractivity contribution is 0.0949. The average Bonchev–Trinajstić information content (AvgIpc) is 3.36. The number of carbonyl (C=O) groups is 1. The number of hydrogen-bond acceptors (Lipinski definition) is 7. The molecule has 2 aromatic heterocycles. The molecule has 0 bridgehead atoms. The second-order valence-electron chi connectivity index (χ2n) is 8.16. The molecule has 0 unspecified atom stereocenters. The normalized spacial score (nSPS) is 11.8. The molecule has 0 aliphatic rings. The number of nitrogens with two attached hydrogens (primary N) is 1. The number of hydrazone groups is 1. The highest BCUT2D eigenvalue weighted by Crippen LogP contribution is 2.27. The number of nitrogens with zero attached hydrogens (tertiary/aromatic N) is 3. The van der Waals surface area contributed by atoms with Crippen molar-refractivity contribution in [1.29, 1.82) is 0 Å². The first-order valence-electron chi connectivity index (χ1n) is 11.2. The highest BCUT2D eigenvalue weighted by molar-refractivity contribution is 7.89. The molecule has 0 radical (unpaired) electrons. The topological polar surface area (TPSA) is 150 Å². The zero-order valence-corrected chi connectivity index (χ0v) is 21.3. The quantitative estimate of drug-likeness (QED) is 0.181. The van der Waals surface area contributed by atoms with Crippen molar-refractivity contribution in [2.45, 2.75) is 4.90 Å². The van der Waals surface area contributed by atoms with Gasteiger partial charge in [-0.25, -0.2) is 32.8 Å². The minimum Gasteiger partial charge on any atom is -0.422 e. The van der Waals surface area contributed by atoms with Gasteiger partial charge < -0.3 is 4.42 Å². The second-order valence-corrected chi connectivity index (χ2v) is 10.1. The second kappa shape index (κ2) is 10.3. The van der Waals surface area contributed by atoms with Crippen LogP contribution in [0.3, 0.4) is 0 Å². The number of benzene rings is 3. The number of primary sulfonamides is 1. The Bertz CT molecular complexity index is 1940. The van der Waals surface area contributed by atoms with E-state index in [0.717, 1.165) is 6.21 Å². The van der Waals surface area contributed by atoms with Crippen LogP contribution in [-0.4, -0.2) is 30.3 Å². The van der Waals surface area contributed by atoms with Crippen LogP contribution in [0.2, 0.25) is 5.02 Å².